The maximum absolute atomic E-state index is 10.7. The summed E-state index contributed by atoms with van der Waals surface area (Å²) in [6.07, 6.45) is 0. The molecule has 0 bridgehead atoms. The van der Waals surface area contributed by atoms with Crippen LogP contribution in [0, 0.1) is 0 Å². The maximum Gasteiger partial charge on any atom is 0.473 e. The standard InChI is InChI=1S/C3H9O4P.2Cl3OP/c1-5-8(4,6-2)7-3;2*1-5(2,3)4/h1-3H3;;. The van der Waals surface area contributed by atoms with Crippen LogP contribution in [0.2, 0.25) is 0 Å². The van der Waals surface area contributed by atoms with Gasteiger partial charge in [0.05, 0.1) is 0 Å². The molecule has 6 nitrogen and oxygen atoms in total. The molecule has 0 heterocycles. The van der Waals surface area contributed by atoms with Crippen molar-refractivity contribution in [3.05, 3.63) is 0 Å². The quantitative estimate of drug-likeness (QED) is 0.451. The summed E-state index contributed by atoms with van der Waals surface area (Å²) in [6.45, 7) is 0. The molecule has 0 saturated heterocycles. The molecule has 0 aromatic rings. The monoisotopic (exact) mass is 444 g/mol. The van der Waals surface area contributed by atoms with Crippen LogP contribution in [-0.2, 0) is 27.3 Å². The van der Waals surface area contributed by atoms with Gasteiger partial charge in [0.15, 0.2) is 0 Å². The van der Waals surface area contributed by atoms with Crippen molar-refractivity contribution in [2.45, 2.75) is 0 Å². The van der Waals surface area contributed by atoms with Crippen LogP contribution in [0.1, 0.15) is 0 Å². The van der Waals surface area contributed by atoms with E-state index in [2.05, 4.69) is 81.0 Å². The van der Waals surface area contributed by atoms with Gasteiger partial charge in [-0.1, -0.05) is 0 Å². The first-order chi connectivity index (χ1) is 7.68. The van der Waals surface area contributed by atoms with E-state index in [1.54, 1.807) is 0 Å². The van der Waals surface area contributed by atoms with Gasteiger partial charge in [0.1, 0.15) is 0 Å². The average molecular weight is 447 g/mol. The Balaban J connectivity index is -0.000000197. The third kappa shape index (κ3) is 42.9. The van der Waals surface area contributed by atoms with E-state index >= 15 is 0 Å². The fourth-order valence-electron chi connectivity index (χ4n) is 0.224. The van der Waals surface area contributed by atoms with Crippen molar-refractivity contribution in [3.8, 4) is 0 Å². The van der Waals surface area contributed by atoms with Gasteiger partial charge in [-0.15, -0.1) is 0 Å². The minimum atomic E-state index is -3.22. The molecule has 0 amide bonds. The maximum atomic E-state index is 10.7. The number of hydrogen-bond acceptors (Lipinski definition) is 6. The second kappa shape index (κ2) is 11.9. The number of hydrogen-bond donors (Lipinski definition) is 0. The summed E-state index contributed by atoms with van der Waals surface area (Å²) in [6, 6.07) is 0. The second-order valence-corrected chi connectivity index (χ2v) is 17.1. The number of halogens is 6. The van der Waals surface area contributed by atoms with Gasteiger partial charge in [-0.3, -0.25) is 22.7 Å². The molecular weight excluding hydrogens is 438 g/mol. The molecule has 0 aliphatic carbocycles. The molecule has 15 heteroatoms. The van der Waals surface area contributed by atoms with E-state index < -0.39 is 18.2 Å². The number of phosphoric acid groups is 1. The van der Waals surface area contributed by atoms with E-state index in [0.29, 0.717) is 0 Å². The first-order valence-corrected chi connectivity index (χ1v) is 13.6. The topological polar surface area (TPSA) is 78.9 Å². The molecule has 0 aliphatic heterocycles. The zero-order chi connectivity index (χ0) is 15.6. The lowest BCUT2D eigenvalue weighted by Crippen LogP contribution is -1.88. The summed E-state index contributed by atoms with van der Waals surface area (Å²) >= 11 is 27.7. The predicted octanol–water partition coefficient (Wildman–Crippen LogP) is 6.66. The Hall–Kier alpha value is 2.31. The minimum Gasteiger partial charge on any atom is -0.290 e. The highest BCUT2D eigenvalue weighted by Crippen LogP contribution is 2.61. The highest BCUT2D eigenvalue weighted by Gasteiger charge is 2.18. The van der Waals surface area contributed by atoms with Crippen LogP contribution in [0.25, 0.3) is 0 Å². The Morgan fingerprint density at radius 2 is 0.722 bits per heavy atom. The van der Waals surface area contributed by atoms with Crippen LogP contribution in [0.3, 0.4) is 0 Å². The van der Waals surface area contributed by atoms with Crippen LogP contribution < -0.4 is 0 Å². The van der Waals surface area contributed by atoms with Crippen LogP contribution in [0.5, 0.6) is 0 Å². The zero-order valence-corrected chi connectivity index (χ0v) is 16.3. The van der Waals surface area contributed by atoms with Crippen LogP contribution in [-0.4, -0.2) is 21.3 Å². The molecule has 0 aromatic carbocycles. The molecule has 114 valence electrons. The van der Waals surface area contributed by atoms with Gasteiger partial charge in [0.25, 0.3) is 0 Å². The summed E-state index contributed by atoms with van der Waals surface area (Å²) < 4.78 is 42.7. The van der Waals surface area contributed by atoms with Crippen LogP contribution in [0.4, 0.5) is 0 Å². The summed E-state index contributed by atoms with van der Waals surface area (Å²) in [5.74, 6) is 0. The lowest BCUT2D eigenvalue weighted by molar-refractivity contribution is 0.178. The number of rotatable bonds is 3. The van der Waals surface area contributed by atoms with Crippen molar-refractivity contribution in [2.24, 2.45) is 0 Å². The first-order valence-electron chi connectivity index (χ1n) is 3.33. The van der Waals surface area contributed by atoms with Crippen molar-refractivity contribution in [1.82, 2.24) is 0 Å². The predicted molar refractivity (Wildman–Crippen MR) is 79.0 cm³/mol. The Morgan fingerprint density at radius 3 is 0.722 bits per heavy atom. The second-order valence-electron chi connectivity index (χ2n) is 1.79. The van der Waals surface area contributed by atoms with Crippen molar-refractivity contribution >= 4 is 85.7 Å². The van der Waals surface area contributed by atoms with Crippen molar-refractivity contribution in [3.63, 3.8) is 0 Å². The minimum absolute atomic E-state index is 1.26. The summed E-state index contributed by atoms with van der Waals surface area (Å²) in [7, 11) is 0.611. The largest absolute Gasteiger partial charge is 0.473 e. The van der Waals surface area contributed by atoms with Gasteiger partial charge >= 0.3 is 18.2 Å². The first kappa shape index (κ1) is 25.3. The Labute approximate surface area is 134 Å². The third-order valence-electron chi connectivity index (χ3n) is 0.671. The highest BCUT2D eigenvalue weighted by molar-refractivity contribution is 8.25. The fourth-order valence-corrected chi connectivity index (χ4v) is 0.671. The van der Waals surface area contributed by atoms with E-state index in [4.69, 9.17) is 0 Å². The highest BCUT2D eigenvalue weighted by atomic mass is 36.1. The third-order valence-corrected chi connectivity index (χ3v) is 2.01. The SMILES string of the molecule is COP(=O)(OC)OC.O=P(Cl)(Cl)Cl.O=P(Cl)(Cl)Cl. The lowest BCUT2D eigenvalue weighted by Gasteiger charge is -2.08. The zero-order valence-electron chi connectivity index (χ0n) is 9.06. The summed E-state index contributed by atoms with van der Waals surface area (Å²) in [5, 5.41) is -6.44. The van der Waals surface area contributed by atoms with Crippen LogP contribution in [0.15, 0.2) is 0 Å². The Morgan fingerprint density at radius 1 is 0.611 bits per heavy atom. The Kier molecular flexibility index (Phi) is 16.7. The average Bonchev–Trinajstić information content (AvgIpc) is 2.11. The lowest BCUT2D eigenvalue weighted by atomic mass is 11.8. The Bertz CT molecular complexity index is 282. The van der Waals surface area contributed by atoms with E-state index in [0.717, 1.165) is 0 Å². The smallest absolute Gasteiger partial charge is 0.290 e. The molecule has 0 radical (unpaired) electrons. The van der Waals surface area contributed by atoms with Gasteiger partial charge in [0, 0.05) is 21.3 Å². The van der Waals surface area contributed by atoms with Crippen molar-refractivity contribution in [2.75, 3.05) is 21.3 Å². The molecular formula is C3H9Cl6O6P3. The molecule has 0 atom stereocenters. The van der Waals surface area contributed by atoms with E-state index in [1.165, 1.54) is 21.3 Å². The molecule has 0 saturated carbocycles. The molecule has 0 N–H and O–H groups in total. The molecule has 0 unspecified atom stereocenters. The fraction of sp³-hybridized carbons (Fsp3) is 1.00. The molecule has 0 fully saturated rings. The van der Waals surface area contributed by atoms with E-state index in [-0.39, 0.29) is 0 Å². The van der Waals surface area contributed by atoms with E-state index in [1.807, 2.05) is 0 Å². The molecule has 0 spiro atoms. The normalized spacial score (nSPS) is 11.8. The number of phosphoric ester groups is 1. The molecule has 18 heavy (non-hydrogen) atoms. The van der Waals surface area contributed by atoms with Gasteiger partial charge in [-0.2, -0.15) is 0 Å². The van der Waals surface area contributed by atoms with Gasteiger partial charge in [-0.25, -0.2) is 4.57 Å². The van der Waals surface area contributed by atoms with Gasteiger partial charge in [-0.05, 0) is 67.4 Å². The summed E-state index contributed by atoms with van der Waals surface area (Å²) in [4.78, 5) is 0. The van der Waals surface area contributed by atoms with Gasteiger partial charge in [0.2, 0.25) is 0 Å². The molecule has 0 aliphatic rings. The van der Waals surface area contributed by atoms with E-state index in [9.17, 15) is 13.7 Å². The van der Waals surface area contributed by atoms with Crippen LogP contribution >= 0.6 is 85.7 Å². The molecule has 0 rings (SSSR count). The van der Waals surface area contributed by atoms with Gasteiger partial charge < -0.3 is 0 Å². The van der Waals surface area contributed by atoms with Crippen molar-refractivity contribution < 1.29 is 27.3 Å². The summed E-state index contributed by atoms with van der Waals surface area (Å²) in [5.41, 5.74) is 0. The van der Waals surface area contributed by atoms with Crippen molar-refractivity contribution in [1.29, 1.82) is 0 Å². The molecule has 0 aromatic heterocycles.